The fourth-order valence-corrected chi connectivity index (χ4v) is 3.74. The van der Waals surface area contributed by atoms with Crippen LogP contribution in [0.15, 0.2) is 24.5 Å². The van der Waals surface area contributed by atoms with Crippen LogP contribution in [0.3, 0.4) is 0 Å². The Balaban J connectivity index is 1.46. The van der Waals surface area contributed by atoms with Crippen molar-refractivity contribution in [2.45, 2.75) is 32.2 Å². The third-order valence-corrected chi connectivity index (χ3v) is 5.10. The summed E-state index contributed by atoms with van der Waals surface area (Å²) in [5, 5.41) is 3.17. The molecule has 1 unspecified atom stereocenters. The van der Waals surface area contributed by atoms with Crippen LogP contribution in [0, 0.1) is 6.92 Å². The number of piperidine rings is 1. The van der Waals surface area contributed by atoms with E-state index in [0.29, 0.717) is 17.9 Å². The number of rotatable bonds is 4. The van der Waals surface area contributed by atoms with E-state index in [1.165, 1.54) is 0 Å². The molecule has 2 aromatic rings. The van der Waals surface area contributed by atoms with E-state index >= 15 is 0 Å². The van der Waals surface area contributed by atoms with Crippen molar-refractivity contribution in [3.63, 3.8) is 0 Å². The number of nitrogens with one attached hydrogen (secondary N) is 1. The monoisotopic (exact) mass is 368 g/mol. The van der Waals surface area contributed by atoms with Gasteiger partial charge in [-0.05, 0) is 31.9 Å². The highest BCUT2D eigenvalue weighted by atomic mass is 16.5. The van der Waals surface area contributed by atoms with Crippen molar-refractivity contribution in [3.05, 3.63) is 41.3 Å². The lowest BCUT2D eigenvalue weighted by atomic mass is 10.0. The number of nitrogens with zero attached hydrogens (tertiary/aromatic N) is 3. The normalized spacial score (nSPS) is 18.6. The number of fused-ring (bicyclic) bond motifs is 1. The van der Waals surface area contributed by atoms with Gasteiger partial charge in [0.2, 0.25) is 0 Å². The molecule has 0 bridgehead atoms. The lowest BCUT2D eigenvalue weighted by molar-refractivity contribution is 0.0932. The van der Waals surface area contributed by atoms with Crippen LogP contribution in [0.1, 0.15) is 34.5 Å². The Bertz CT molecular complexity index is 855. The molecule has 2 aliphatic rings. The maximum Gasteiger partial charge on any atom is 0.251 e. The number of carbonyl (C=O) groups is 1. The molecular weight excluding hydrogens is 344 g/mol. The second-order valence-electron chi connectivity index (χ2n) is 7.04. The number of aryl methyl sites for hydroxylation is 1. The minimum Gasteiger partial charge on any atom is -0.493 e. The van der Waals surface area contributed by atoms with E-state index in [1.807, 2.05) is 19.1 Å². The highest BCUT2D eigenvalue weighted by Crippen LogP contribution is 2.36. The third-order valence-electron chi connectivity index (χ3n) is 5.10. The van der Waals surface area contributed by atoms with Gasteiger partial charge in [-0.3, -0.25) is 4.79 Å². The topological polar surface area (TPSA) is 76.6 Å². The summed E-state index contributed by atoms with van der Waals surface area (Å²) in [4.78, 5) is 23.6. The summed E-state index contributed by atoms with van der Waals surface area (Å²) in [6, 6.07) is 5.73. The lowest BCUT2D eigenvalue weighted by Gasteiger charge is -2.34. The molecule has 142 valence electrons. The number of hydrogen-bond donors (Lipinski definition) is 1. The van der Waals surface area contributed by atoms with Crippen molar-refractivity contribution >= 4 is 11.7 Å². The molecule has 0 aliphatic carbocycles. The molecule has 1 aromatic carbocycles. The molecule has 7 heteroatoms. The molecule has 1 fully saturated rings. The Morgan fingerprint density at radius 1 is 1.33 bits per heavy atom. The number of anilines is 1. The van der Waals surface area contributed by atoms with E-state index in [9.17, 15) is 4.79 Å². The van der Waals surface area contributed by atoms with Crippen molar-refractivity contribution in [1.82, 2.24) is 15.3 Å². The van der Waals surface area contributed by atoms with Gasteiger partial charge < -0.3 is 19.7 Å². The number of hydrogen-bond acceptors (Lipinski definition) is 6. The maximum atomic E-state index is 12.8. The Hall–Kier alpha value is -2.83. The van der Waals surface area contributed by atoms with Crippen molar-refractivity contribution in [1.29, 1.82) is 0 Å². The third kappa shape index (κ3) is 3.67. The summed E-state index contributed by atoms with van der Waals surface area (Å²) in [6.07, 6.45) is 4.36. The molecule has 0 spiro atoms. The molecular formula is C20H24N4O3. The molecule has 7 nitrogen and oxygen atoms in total. The van der Waals surface area contributed by atoms with E-state index in [-0.39, 0.29) is 11.9 Å². The molecule has 1 saturated heterocycles. The van der Waals surface area contributed by atoms with Gasteiger partial charge in [0, 0.05) is 48.4 Å². The summed E-state index contributed by atoms with van der Waals surface area (Å²) in [6.45, 7) is 4.27. The van der Waals surface area contributed by atoms with Crippen LogP contribution in [-0.2, 0) is 6.42 Å². The van der Waals surface area contributed by atoms with Gasteiger partial charge in [-0.1, -0.05) is 0 Å². The number of benzene rings is 1. The summed E-state index contributed by atoms with van der Waals surface area (Å²) in [5.41, 5.74) is 2.59. The maximum absolute atomic E-state index is 12.8. The lowest BCUT2D eigenvalue weighted by Crippen LogP contribution is -2.48. The first-order chi connectivity index (χ1) is 13.1. The molecule has 1 atom stereocenters. The second-order valence-corrected chi connectivity index (χ2v) is 7.04. The van der Waals surface area contributed by atoms with E-state index in [2.05, 4.69) is 20.2 Å². The van der Waals surface area contributed by atoms with Crippen LogP contribution in [0.4, 0.5) is 5.82 Å². The quantitative estimate of drug-likeness (QED) is 0.891. The van der Waals surface area contributed by atoms with E-state index in [4.69, 9.17) is 9.47 Å². The van der Waals surface area contributed by atoms with E-state index < -0.39 is 0 Å². The Kier molecular flexibility index (Phi) is 4.83. The predicted octanol–water partition coefficient (Wildman–Crippen LogP) is 2.13. The van der Waals surface area contributed by atoms with Crippen LogP contribution in [0.25, 0.3) is 0 Å². The minimum atomic E-state index is -0.0753. The molecule has 4 rings (SSSR count). The first kappa shape index (κ1) is 17.6. The highest BCUT2D eigenvalue weighted by molar-refractivity contribution is 5.95. The average molecular weight is 368 g/mol. The number of aromatic nitrogens is 2. The average Bonchev–Trinajstić information content (AvgIpc) is 3.16. The molecule has 0 saturated carbocycles. The van der Waals surface area contributed by atoms with Gasteiger partial charge in [-0.15, -0.1) is 0 Å². The summed E-state index contributed by atoms with van der Waals surface area (Å²) >= 11 is 0. The summed E-state index contributed by atoms with van der Waals surface area (Å²) < 4.78 is 11.0. The Morgan fingerprint density at radius 3 is 3.04 bits per heavy atom. The number of amides is 1. The fraction of sp³-hybridized carbons (Fsp3) is 0.450. The zero-order valence-corrected chi connectivity index (χ0v) is 15.7. The molecule has 1 aromatic heterocycles. The van der Waals surface area contributed by atoms with Gasteiger partial charge in [-0.25, -0.2) is 9.97 Å². The molecule has 2 aliphatic heterocycles. The van der Waals surface area contributed by atoms with E-state index in [1.54, 1.807) is 19.5 Å². The van der Waals surface area contributed by atoms with Crippen LogP contribution in [0.5, 0.6) is 11.5 Å². The number of methoxy groups -OCH3 is 1. The predicted molar refractivity (Wildman–Crippen MR) is 102 cm³/mol. The molecule has 3 heterocycles. The zero-order chi connectivity index (χ0) is 18.8. The Labute approximate surface area is 158 Å². The van der Waals surface area contributed by atoms with Crippen LogP contribution in [0.2, 0.25) is 0 Å². The van der Waals surface area contributed by atoms with Crippen molar-refractivity contribution < 1.29 is 14.3 Å². The Morgan fingerprint density at radius 2 is 2.22 bits per heavy atom. The second kappa shape index (κ2) is 7.42. The zero-order valence-electron chi connectivity index (χ0n) is 15.7. The van der Waals surface area contributed by atoms with Crippen molar-refractivity contribution in [2.24, 2.45) is 0 Å². The minimum absolute atomic E-state index is 0.0753. The van der Waals surface area contributed by atoms with Crippen LogP contribution >= 0.6 is 0 Å². The van der Waals surface area contributed by atoms with Gasteiger partial charge in [0.15, 0.2) is 11.5 Å². The largest absolute Gasteiger partial charge is 0.493 e. The summed E-state index contributed by atoms with van der Waals surface area (Å²) in [7, 11) is 1.60. The van der Waals surface area contributed by atoms with Gasteiger partial charge >= 0.3 is 0 Å². The fourth-order valence-electron chi connectivity index (χ4n) is 3.74. The molecule has 1 amide bonds. The van der Waals surface area contributed by atoms with Gasteiger partial charge in [0.05, 0.1) is 13.7 Å². The van der Waals surface area contributed by atoms with Crippen LogP contribution in [-0.4, -0.2) is 48.7 Å². The highest BCUT2D eigenvalue weighted by Gasteiger charge is 2.25. The summed E-state index contributed by atoms with van der Waals surface area (Å²) in [5.74, 6) is 2.22. The number of ether oxygens (including phenoxy) is 2. The van der Waals surface area contributed by atoms with Gasteiger partial charge in [0.25, 0.3) is 5.91 Å². The molecule has 27 heavy (non-hydrogen) atoms. The van der Waals surface area contributed by atoms with Crippen molar-refractivity contribution in [2.75, 3.05) is 31.7 Å². The van der Waals surface area contributed by atoms with Gasteiger partial charge in [0.1, 0.15) is 12.1 Å². The smallest absolute Gasteiger partial charge is 0.251 e. The molecule has 1 N–H and O–H groups in total. The first-order valence-electron chi connectivity index (χ1n) is 9.32. The van der Waals surface area contributed by atoms with Crippen molar-refractivity contribution in [3.8, 4) is 11.5 Å². The van der Waals surface area contributed by atoms with Crippen LogP contribution < -0.4 is 19.7 Å². The standard InChI is InChI=1S/C20H24N4O3/c1-13-8-18(22-12-21-13)24-6-3-4-16(11-24)23-20(25)15-9-14-5-7-27-19(14)17(10-15)26-2/h8-10,12,16H,3-7,11H2,1-2H3,(H,23,25). The SMILES string of the molecule is COc1cc(C(=O)NC2CCCN(c3cc(C)ncn3)C2)cc2c1OCC2. The van der Waals surface area contributed by atoms with Gasteiger partial charge in [-0.2, -0.15) is 0 Å². The van der Waals surface area contributed by atoms with E-state index in [0.717, 1.165) is 55.2 Å². The molecule has 0 radical (unpaired) electrons. The first-order valence-corrected chi connectivity index (χ1v) is 9.32. The number of carbonyl (C=O) groups excluding carboxylic acids is 1.